The highest BCUT2D eigenvalue weighted by molar-refractivity contribution is 7.26. The quantitative estimate of drug-likeness (QED) is 0.240. The maximum atomic E-state index is 4.56. The zero-order chi connectivity index (χ0) is 25.1. The van der Waals surface area contributed by atoms with Gasteiger partial charge in [-0.2, -0.15) is 0 Å². The highest BCUT2D eigenvalue weighted by atomic mass is 32.1. The molecule has 0 aliphatic carbocycles. The lowest BCUT2D eigenvalue weighted by Crippen LogP contribution is -1.96. The topological polar surface area (TPSA) is 30.7 Å². The molecule has 0 atom stereocenters. The van der Waals surface area contributed by atoms with Gasteiger partial charge >= 0.3 is 0 Å². The first-order valence-corrected chi connectivity index (χ1v) is 13.5. The molecule has 4 heteroatoms. The van der Waals surface area contributed by atoms with Crippen LogP contribution in [0.1, 0.15) is 0 Å². The number of thiophene rings is 1. The minimum absolute atomic E-state index is 1.02. The number of aromatic nitrogens is 3. The highest BCUT2D eigenvalue weighted by Gasteiger charge is 2.18. The van der Waals surface area contributed by atoms with Crippen LogP contribution in [0.5, 0.6) is 0 Å². The SMILES string of the molecule is c1ccc(-c2cc(-c3ccccc3)cc(-n3c4ccccc4c4c5sc6ncncc6c5ccc43)c2)cc1. The van der Waals surface area contributed by atoms with E-state index in [1.807, 2.05) is 6.20 Å². The van der Waals surface area contributed by atoms with Gasteiger partial charge in [0.05, 0.1) is 11.0 Å². The lowest BCUT2D eigenvalue weighted by Gasteiger charge is -2.14. The van der Waals surface area contributed by atoms with Crippen molar-refractivity contribution in [2.24, 2.45) is 0 Å². The molecule has 0 aliphatic heterocycles. The number of rotatable bonds is 3. The maximum absolute atomic E-state index is 4.56. The average Bonchev–Trinajstić information content (AvgIpc) is 3.53. The number of nitrogens with zero attached hydrogens (tertiary/aromatic N) is 3. The van der Waals surface area contributed by atoms with Crippen molar-refractivity contribution >= 4 is 53.4 Å². The van der Waals surface area contributed by atoms with Crippen LogP contribution in [0.2, 0.25) is 0 Å². The monoisotopic (exact) mass is 503 g/mol. The highest BCUT2D eigenvalue weighted by Crippen LogP contribution is 2.43. The van der Waals surface area contributed by atoms with Gasteiger partial charge < -0.3 is 4.57 Å². The lowest BCUT2D eigenvalue weighted by molar-refractivity contribution is 1.18. The van der Waals surface area contributed by atoms with Gasteiger partial charge in [0, 0.05) is 38.1 Å². The molecular weight excluding hydrogens is 482 g/mol. The Hall–Kier alpha value is -4.80. The van der Waals surface area contributed by atoms with Gasteiger partial charge in [0.15, 0.2) is 0 Å². The fourth-order valence-corrected chi connectivity index (χ4v) is 6.81. The third-order valence-corrected chi connectivity index (χ3v) is 8.49. The van der Waals surface area contributed by atoms with E-state index in [9.17, 15) is 0 Å². The smallest absolute Gasteiger partial charge is 0.127 e. The summed E-state index contributed by atoms with van der Waals surface area (Å²) in [5.74, 6) is 0. The summed E-state index contributed by atoms with van der Waals surface area (Å²) in [6.45, 7) is 0. The van der Waals surface area contributed by atoms with Gasteiger partial charge in [0.1, 0.15) is 11.2 Å². The average molecular weight is 504 g/mol. The first kappa shape index (κ1) is 21.3. The second-order valence-electron chi connectivity index (χ2n) is 9.53. The van der Waals surface area contributed by atoms with E-state index >= 15 is 0 Å². The molecule has 3 nitrogen and oxygen atoms in total. The van der Waals surface area contributed by atoms with Gasteiger partial charge in [-0.25, -0.2) is 9.97 Å². The number of fused-ring (bicyclic) bond motifs is 7. The molecule has 0 saturated heterocycles. The van der Waals surface area contributed by atoms with Gasteiger partial charge in [0.2, 0.25) is 0 Å². The van der Waals surface area contributed by atoms with E-state index in [1.165, 1.54) is 54.1 Å². The second-order valence-corrected chi connectivity index (χ2v) is 10.5. The van der Waals surface area contributed by atoms with E-state index in [2.05, 4.69) is 130 Å². The molecule has 178 valence electrons. The van der Waals surface area contributed by atoms with Gasteiger partial charge in [-0.05, 0) is 52.6 Å². The van der Waals surface area contributed by atoms with Gasteiger partial charge in [-0.3, -0.25) is 0 Å². The van der Waals surface area contributed by atoms with Crippen molar-refractivity contribution in [1.29, 1.82) is 0 Å². The lowest BCUT2D eigenvalue weighted by atomic mass is 9.98. The molecule has 0 bridgehead atoms. The zero-order valence-corrected chi connectivity index (χ0v) is 21.2. The fraction of sp³-hybridized carbons (Fsp3) is 0. The molecule has 38 heavy (non-hydrogen) atoms. The number of para-hydroxylation sites is 1. The predicted molar refractivity (Wildman–Crippen MR) is 160 cm³/mol. The minimum atomic E-state index is 1.02. The van der Waals surface area contributed by atoms with E-state index < -0.39 is 0 Å². The Morgan fingerprint density at radius 1 is 0.553 bits per heavy atom. The van der Waals surface area contributed by atoms with Crippen molar-refractivity contribution in [2.75, 3.05) is 0 Å². The third-order valence-electron chi connectivity index (χ3n) is 7.35. The van der Waals surface area contributed by atoms with Crippen LogP contribution in [0.15, 0.2) is 128 Å². The summed E-state index contributed by atoms with van der Waals surface area (Å²) in [6.07, 6.45) is 3.57. The molecule has 3 heterocycles. The summed E-state index contributed by atoms with van der Waals surface area (Å²) in [5, 5.41) is 4.85. The molecular formula is C34H21N3S. The molecule has 0 fully saturated rings. The molecule has 0 unspecified atom stereocenters. The first-order chi connectivity index (χ1) is 18.8. The molecule has 0 radical (unpaired) electrons. The molecule has 0 amide bonds. The van der Waals surface area contributed by atoms with Crippen LogP contribution in [0.25, 0.3) is 70.0 Å². The number of hydrogen-bond acceptors (Lipinski definition) is 3. The van der Waals surface area contributed by atoms with E-state index in [0.29, 0.717) is 0 Å². The van der Waals surface area contributed by atoms with E-state index in [1.54, 1.807) is 17.7 Å². The van der Waals surface area contributed by atoms with Crippen molar-refractivity contribution in [3.05, 3.63) is 128 Å². The van der Waals surface area contributed by atoms with Gasteiger partial charge in [0.25, 0.3) is 0 Å². The summed E-state index contributed by atoms with van der Waals surface area (Å²) in [4.78, 5) is 9.88. The minimum Gasteiger partial charge on any atom is -0.309 e. The first-order valence-electron chi connectivity index (χ1n) is 12.7. The Kier molecular flexibility index (Phi) is 4.69. The van der Waals surface area contributed by atoms with Crippen LogP contribution in [0, 0.1) is 0 Å². The molecule has 0 saturated carbocycles. The van der Waals surface area contributed by atoms with Crippen LogP contribution in [0.3, 0.4) is 0 Å². The van der Waals surface area contributed by atoms with E-state index in [0.717, 1.165) is 15.9 Å². The van der Waals surface area contributed by atoms with Crippen molar-refractivity contribution in [3.63, 3.8) is 0 Å². The van der Waals surface area contributed by atoms with Crippen LogP contribution in [-0.4, -0.2) is 14.5 Å². The summed E-state index contributed by atoms with van der Waals surface area (Å²) >= 11 is 1.75. The van der Waals surface area contributed by atoms with Crippen LogP contribution in [-0.2, 0) is 0 Å². The van der Waals surface area contributed by atoms with Gasteiger partial charge in [-0.15, -0.1) is 11.3 Å². The number of benzene rings is 5. The van der Waals surface area contributed by atoms with Crippen LogP contribution in [0.4, 0.5) is 0 Å². The Labute approximate surface area is 223 Å². The van der Waals surface area contributed by atoms with Gasteiger partial charge in [-0.1, -0.05) is 84.9 Å². The Bertz CT molecular complexity index is 2070. The van der Waals surface area contributed by atoms with E-state index in [4.69, 9.17) is 0 Å². The molecule has 0 aliphatic rings. The molecule has 3 aromatic heterocycles. The predicted octanol–water partition coefficient (Wildman–Crippen LogP) is 9.28. The largest absolute Gasteiger partial charge is 0.309 e. The van der Waals surface area contributed by atoms with Crippen molar-refractivity contribution in [2.45, 2.75) is 0 Å². The van der Waals surface area contributed by atoms with Crippen molar-refractivity contribution in [1.82, 2.24) is 14.5 Å². The van der Waals surface area contributed by atoms with Crippen molar-refractivity contribution < 1.29 is 0 Å². The summed E-state index contributed by atoms with van der Waals surface area (Å²) in [7, 11) is 0. The van der Waals surface area contributed by atoms with E-state index in [-0.39, 0.29) is 0 Å². The zero-order valence-electron chi connectivity index (χ0n) is 20.4. The molecule has 5 aromatic carbocycles. The summed E-state index contributed by atoms with van der Waals surface area (Å²) in [6, 6.07) is 41.4. The third kappa shape index (κ3) is 3.21. The fourth-order valence-electron chi connectivity index (χ4n) is 5.64. The molecule has 8 aromatic rings. The normalized spacial score (nSPS) is 11.7. The van der Waals surface area contributed by atoms with Crippen LogP contribution < -0.4 is 0 Å². The number of hydrogen-bond donors (Lipinski definition) is 0. The van der Waals surface area contributed by atoms with Crippen molar-refractivity contribution in [3.8, 4) is 27.9 Å². The summed E-state index contributed by atoms with van der Waals surface area (Å²) in [5.41, 5.74) is 8.36. The Balaban J connectivity index is 1.49. The van der Waals surface area contributed by atoms with Crippen LogP contribution >= 0.6 is 11.3 Å². The molecule has 0 N–H and O–H groups in total. The summed E-state index contributed by atoms with van der Waals surface area (Å²) < 4.78 is 3.68. The molecule has 0 spiro atoms. The second kappa shape index (κ2) is 8.37. The Morgan fingerprint density at radius 3 is 1.97 bits per heavy atom. The molecule has 8 rings (SSSR count). The Morgan fingerprint density at radius 2 is 1.24 bits per heavy atom. The standard InChI is InChI=1S/C34H21N3S/c1-3-9-22(10-4-1)24-17-25(23-11-5-2-6-12-23)19-26(18-24)37-30-14-8-7-13-28(30)32-31(37)16-15-27-29-20-35-21-36-34(29)38-33(27)32/h1-21H. The maximum Gasteiger partial charge on any atom is 0.127 e.